The van der Waals surface area contributed by atoms with Crippen LogP contribution in [0.3, 0.4) is 0 Å². The standard InChI is InChI=1S/C9H13N5/c10-3-1-2-4-13-5-6-14-8-11-12-9(14)7-13/h8H,1-2,4-7H2. The summed E-state index contributed by atoms with van der Waals surface area (Å²) >= 11 is 0. The Hall–Kier alpha value is -1.41. The van der Waals surface area contributed by atoms with Gasteiger partial charge in [-0.05, 0) is 13.0 Å². The highest BCUT2D eigenvalue weighted by atomic mass is 15.3. The van der Waals surface area contributed by atoms with Crippen molar-refractivity contribution in [3.8, 4) is 6.07 Å². The summed E-state index contributed by atoms with van der Waals surface area (Å²) in [4.78, 5) is 2.32. The number of unbranched alkanes of at least 4 members (excludes halogenated alkanes) is 1. The summed E-state index contributed by atoms with van der Waals surface area (Å²) in [5.41, 5.74) is 0. The molecule has 74 valence electrons. The Labute approximate surface area is 83.0 Å². The van der Waals surface area contributed by atoms with Gasteiger partial charge in [0.15, 0.2) is 0 Å². The van der Waals surface area contributed by atoms with Gasteiger partial charge in [0, 0.05) is 19.5 Å². The van der Waals surface area contributed by atoms with E-state index in [0.29, 0.717) is 6.42 Å². The second-order valence-corrected chi connectivity index (χ2v) is 3.48. The molecule has 1 aromatic heterocycles. The lowest BCUT2D eigenvalue weighted by Crippen LogP contribution is -2.34. The van der Waals surface area contributed by atoms with Gasteiger partial charge in [0.25, 0.3) is 0 Å². The molecule has 2 heterocycles. The van der Waals surface area contributed by atoms with E-state index in [-0.39, 0.29) is 0 Å². The molecule has 0 aromatic carbocycles. The van der Waals surface area contributed by atoms with Crippen LogP contribution in [0.4, 0.5) is 0 Å². The van der Waals surface area contributed by atoms with Crippen LogP contribution in [0.15, 0.2) is 6.33 Å². The second-order valence-electron chi connectivity index (χ2n) is 3.48. The smallest absolute Gasteiger partial charge is 0.147 e. The first-order chi connectivity index (χ1) is 6.90. The summed E-state index contributed by atoms with van der Waals surface area (Å²) in [5, 5.41) is 16.3. The minimum absolute atomic E-state index is 0.642. The molecule has 0 fully saturated rings. The van der Waals surface area contributed by atoms with Crippen molar-refractivity contribution >= 4 is 0 Å². The highest BCUT2D eigenvalue weighted by molar-refractivity contribution is 4.89. The van der Waals surface area contributed by atoms with E-state index < -0.39 is 0 Å². The van der Waals surface area contributed by atoms with Gasteiger partial charge in [-0.1, -0.05) is 0 Å². The van der Waals surface area contributed by atoms with Crippen LogP contribution in [-0.4, -0.2) is 32.8 Å². The first kappa shape index (κ1) is 9.16. The van der Waals surface area contributed by atoms with Crippen LogP contribution in [0.5, 0.6) is 0 Å². The predicted molar refractivity (Wildman–Crippen MR) is 50.1 cm³/mol. The van der Waals surface area contributed by atoms with Gasteiger partial charge < -0.3 is 4.57 Å². The van der Waals surface area contributed by atoms with Crippen LogP contribution in [0.1, 0.15) is 18.7 Å². The molecule has 0 saturated heterocycles. The molecule has 2 rings (SSSR count). The third-order valence-corrected chi connectivity index (χ3v) is 2.48. The van der Waals surface area contributed by atoms with E-state index in [0.717, 1.165) is 38.4 Å². The van der Waals surface area contributed by atoms with Crippen molar-refractivity contribution in [2.24, 2.45) is 0 Å². The SMILES string of the molecule is N#CCCCN1CCn2cnnc2C1. The van der Waals surface area contributed by atoms with Gasteiger partial charge >= 0.3 is 0 Å². The Balaban J connectivity index is 1.86. The molecule has 0 saturated carbocycles. The van der Waals surface area contributed by atoms with Crippen LogP contribution in [-0.2, 0) is 13.1 Å². The molecular formula is C9H13N5. The molecule has 1 aliphatic heterocycles. The van der Waals surface area contributed by atoms with E-state index in [9.17, 15) is 0 Å². The lowest BCUT2D eigenvalue weighted by molar-refractivity contribution is 0.215. The zero-order chi connectivity index (χ0) is 9.80. The molecular weight excluding hydrogens is 178 g/mol. The fraction of sp³-hybridized carbons (Fsp3) is 0.667. The molecule has 0 atom stereocenters. The van der Waals surface area contributed by atoms with Gasteiger partial charge in [0.05, 0.1) is 12.6 Å². The Morgan fingerprint density at radius 3 is 3.29 bits per heavy atom. The van der Waals surface area contributed by atoms with E-state index in [2.05, 4.69) is 25.7 Å². The molecule has 14 heavy (non-hydrogen) atoms. The van der Waals surface area contributed by atoms with Gasteiger partial charge in [-0.3, -0.25) is 4.90 Å². The van der Waals surface area contributed by atoms with Crippen molar-refractivity contribution in [3.63, 3.8) is 0 Å². The van der Waals surface area contributed by atoms with Crippen LogP contribution in [0.25, 0.3) is 0 Å². The van der Waals surface area contributed by atoms with Crippen LogP contribution < -0.4 is 0 Å². The number of hydrogen-bond acceptors (Lipinski definition) is 4. The number of nitriles is 1. The van der Waals surface area contributed by atoms with E-state index in [1.54, 1.807) is 6.33 Å². The van der Waals surface area contributed by atoms with Gasteiger partial charge in [-0.15, -0.1) is 10.2 Å². The summed E-state index contributed by atoms with van der Waals surface area (Å²) in [5.74, 6) is 1.04. The Morgan fingerprint density at radius 2 is 2.43 bits per heavy atom. The van der Waals surface area contributed by atoms with Gasteiger partial charge in [-0.25, -0.2) is 0 Å². The maximum Gasteiger partial charge on any atom is 0.147 e. The molecule has 5 heteroatoms. The van der Waals surface area contributed by atoms with Crippen LogP contribution in [0, 0.1) is 11.3 Å². The summed E-state index contributed by atoms with van der Waals surface area (Å²) in [7, 11) is 0. The summed E-state index contributed by atoms with van der Waals surface area (Å²) in [6.07, 6.45) is 3.37. The topological polar surface area (TPSA) is 57.7 Å². The quantitative estimate of drug-likeness (QED) is 0.649. The largest absolute Gasteiger partial charge is 0.315 e. The Morgan fingerprint density at radius 1 is 1.50 bits per heavy atom. The highest BCUT2D eigenvalue weighted by Crippen LogP contribution is 2.09. The van der Waals surface area contributed by atoms with Gasteiger partial charge in [0.2, 0.25) is 0 Å². The van der Waals surface area contributed by atoms with Gasteiger partial charge in [-0.2, -0.15) is 5.26 Å². The first-order valence-electron chi connectivity index (χ1n) is 4.86. The average Bonchev–Trinajstić information content (AvgIpc) is 2.65. The lowest BCUT2D eigenvalue weighted by atomic mass is 10.3. The lowest BCUT2D eigenvalue weighted by Gasteiger charge is -2.26. The fourth-order valence-electron chi connectivity index (χ4n) is 1.69. The van der Waals surface area contributed by atoms with E-state index >= 15 is 0 Å². The molecule has 0 radical (unpaired) electrons. The molecule has 0 aliphatic carbocycles. The van der Waals surface area contributed by atoms with Crippen molar-refractivity contribution in [3.05, 3.63) is 12.2 Å². The summed E-state index contributed by atoms with van der Waals surface area (Å²) in [6.45, 7) is 3.86. The maximum absolute atomic E-state index is 8.43. The van der Waals surface area contributed by atoms with E-state index in [1.165, 1.54) is 0 Å². The number of hydrogen-bond donors (Lipinski definition) is 0. The molecule has 0 spiro atoms. The van der Waals surface area contributed by atoms with Crippen molar-refractivity contribution < 1.29 is 0 Å². The van der Waals surface area contributed by atoms with Crippen LogP contribution in [0.2, 0.25) is 0 Å². The maximum atomic E-state index is 8.43. The third kappa shape index (κ3) is 1.91. The molecule has 0 unspecified atom stereocenters. The van der Waals surface area contributed by atoms with E-state index in [4.69, 9.17) is 5.26 Å². The number of rotatable bonds is 3. The van der Waals surface area contributed by atoms with Crippen molar-refractivity contribution in [1.82, 2.24) is 19.7 Å². The Bertz CT molecular complexity index is 337. The van der Waals surface area contributed by atoms with Crippen molar-refractivity contribution in [1.29, 1.82) is 5.26 Å². The zero-order valence-corrected chi connectivity index (χ0v) is 8.06. The first-order valence-corrected chi connectivity index (χ1v) is 4.86. The highest BCUT2D eigenvalue weighted by Gasteiger charge is 2.16. The fourth-order valence-corrected chi connectivity index (χ4v) is 1.69. The minimum Gasteiger partial charge on any atom is -0.315 e. The number of aromatic nitrogens is 3. The molecule has 0 bridgehead atoms. The number of nitrogens with zero attached hydrogens (tertiary/aromatic N) is 5. The normalized spacial score (nSPS) is 16.2. The monoisotopic (exact) mass is 191 g/mol. The minimum atomic E-state index is 0.642. The average molecular weight is 191 g/mol. The van der Waals surface area contributed by atoms with Crippen LogP contribution >= 0.6 is 0 Å². The predicted octanol–water partition coefficient (Wildman–Crippen LogP) is 0.397. The summed E-state index contributed by atoms with van der Waals surface area (Å²) in [6, 6.07) is 2.16. The molecule has 5 nitrogen and oxygen atoms in total. The second kappa shape index (κ2) is 4.20. The molecule has 0 amide bonds. The van der Waals surface area contributed by atoms with Crippen molar-refractivity contribution in [2.75, 3.05) is 13.1 Å². The third-order valence-electron chi connectivity index (χ3n) is 2.48. The van der Waals surface area contributed by atoms with E-state index in [1.807, 2.05) is 0 Å². The number of fused-ring (bicyclic) bond motifs is 1. The molecule has 0 N–H and O–H groups in total. The molecule has 1 aromatic rings. The summed E-state index contributed by atoms with van der Waals surface area (Å²) < 4.78 is 2.08. The Kier molecular flexibility index (Phi) is 2.75. The van der Waals surface area contributed by atoms with Crippen molar-refractivity contribution in [2.45, 2.75) is 25.9 Å². The van der Waals surface area contributed by atoms with Gasteiger partial charge in [0.1, 0.15) is 12.2 Å². The molecule has 1 aliphatic rings. The zero-order valence-electron chi connectivity index (χ0n) is 8.06.